The first kappa shape index (κ1) is 14.7. The van der Waals surface area contributed by atoms with Gasteiger partial charge in [-0.25, -0.2) is 5.01 Å². The van der Waals surface area contributed by atoms with Gasteiger partial charge in [0.15, 0.2) is 0 Å². The molecule has 0 bridgehead atoms. The van der Waals surface area contributed by atoms with Crippen molar-refractivity contribution in [3.05, 3.63) is 60.7 Å². The molecular formula is C16H17N3O2. The van der Waals surface area contributed by atoms with Gasteiger partial charge in [0.1, 0.15) is 0 Å². The number of hydrazine groups is 1. The maximum Gasteiger partial charge on any atom is 0.324 e. The molecule has 0 saturated heterocycles. The summed E-state index contributed by atoms with van der Waals surface area (Å²) in [5.74, 6) is -1.33. The molecule has 2 aromatic carbocycles. The summed E-state index contributed by atoms with van der Waals surface area (Å²) in [5, 5.41) is 1.44. The van der Waals surface area contributed by atoms with E-state index in [0.717, 1.165) is 0 Å². The van der Waals surface area contributed by atoms with Gasteiger partial charge in [0.25, 0.3) is 0 Å². The number of para-hydroxylation sites is 2. The second kappa shape index (κ2) is 6.67. The summed E-state index contributed by atoms with van der Waals surface area (Å²) < 4.78 is 0. The second-order valence-electron chi connectivity index (χ2n) is 4.65. The number of rotatable bonds is 3. The zero-order valence-electron chi connectivity index (χ0n) is 12.0. The van der Waals surface area contributed by atoms with Crippen LogP contribution in [0.25, 0.3) is 0 Å². The third kappa shape index (κ3) is 3.67. The number of hydrogen-bond donors (Lipinski definition) is 1. The number of benzene rings is 2. The summed E-state index contributed by atoms with van der Waals surface area (Å²) in [5.41, 5.74) is 3.75. The van der Waals surface area contributed by atoms with E-state index in [9.17, 15) is 9.59 Å². The molecule has 0 aliphatic carbocycles. The average Bonchev–Trinajstić information content (AvgIpc) is 2.49. The molecule has 108 valence electrons. The highest BCUT2D eigenvalue weighted by molar-refractivity contribution is 6.41. The van der Waals surface area contributed by atoms with Crippen molar-refractivity contribution in [2.24, 2.45) is 0 Å². The van der Waals surface area contributed by atoms with Gasteiger partial charge in [0, 0.05) is 25.5 Å². The fourth-order valence-corrected chi connectivity index (χ4v) is 1.89. The zero-order chi connectivity index (χ0) is 15.2. The number of hydrogen-bond acceptors (Lipinski definition) is 3. The van der Waals surface area contributed by atoms with Crippen LogP contribution in [-0.4, -0.2) is 30.9 Å². The van der Waals surface area contributed by atoms with Crippen LogP contribution in [-0.2, 0) is 9.59 Å². The fraction of sp³-hybridized carbons (Fsp3) is 0.125. The van der Waals surface area contributed by atoms with Crippen LogP contribution in [0.5, 0.6) is 0 Å². The largest absolute Gasteiger partial charge is 0.324 e. The summed E-state index contributed by atoms with van der Waals surface area (Å²) in [4.78, 5) is 25.9. The van der Waals surface area contributed by atoms with E-state index in [2.05, 4.69) is 5.43 Å². The van der Waals surface area contributed by atoms with Gasteiger partial charge in [-0.3, -0.25) is 19.9 Å². The Morgan fingerprint density at radius 2 is 1.24 bits per heavy atom. The van der Waals surface area contributed by atoms with Gasteiger partial charge in [0.05, 0.1) is 0 Å². The van der Waals surface area contributed by atoms with E-state index in [1.807, 2.05) is 36.4 Å². The number of carbonyl (C=O) groups excluding carboxylic acids is 2. The van der Waals surface area contributed by atoms with Crippen LogP contribution in [0.2, 0.25) is 0 Å². The molecule has 0 spiro atoms. The predicted octanol–water partition coefficient (Wildman–Crippen LogP) is 1.94. The van der Waals surface area contributed by atoms with E-state index in [-0.39, 0.29) is 0 Å². The van der Waals surface area contributed by atoms with E-state index in [1.165, 1.54) is 9.91 Å². The first-order chi connectivity index (χ1) is 10.1. The molecule has 0 unspecified atom stereocenters. The number of anilines is 2. The Morgan fingerprint density at radius 1 is 0.810 bits per heavy atom. The topological polar surface area (TPSA) is 52.7 Å². The van der Waals surface area contributed by atoms with Crippen molar-refractivity contribution < 1.29 is 9.59 Å². The molecular weight excluding hydrogens is 266 g/mol. The van der Waals surface area contributed by atoms with Crippen LogP contribution in [0.4, 0.5) is 11.4 Å². The van der Waals surface area contributed by atoms with E-state index in [4.69, 9.17) is 0 Å². The smallest absolute Gasteiger partial charge is 0.281 e. The first-order valence-electron chi connectivity index (χ1n) is 6.52. The molecule has 0 atom stereocenters. The molecule has 5 nitrogen and oxygen atoms in total. The molecule has 0 heterocycles. The Bertz CT molecular complexity index is 572. The Hall–Kier alpha value is -2.66. The van der Waals surface area contributed by atoms with Crippen LogP contribution < -0.4 is 10.3 Å². The van der Waals surface area contributed by atoms with E-state index in [1.54, 1.807) is 38.4 Å². The van der Waals surface area contributed by atoms with Gasteiger partial charge in [-0.2, -0.15) is 0 Å². The number of amides is 2. The second-order valence-corrected chi connectivity index (χ2v) is 4.65. The van der Waals surface area contributed by atoms with Crippen LogP contribution in [0.1, 0.15) is 0 Å². The lowest BCUT2D eigenvalue weighted by Crippen LogP contribution is -2.46. The molecule has 5 heteroatoms. The fourth-order valence-electron chi connectivity index (χ4n) is 1.89. The highest BCUT2D eigenvalue weighted by atomic mass is 16.2. The van der Waals surface area contributed by atoms with Crippen molar-refractivity contribution in [2.75, 3.05) is 19.0 Å². The summed E-state index contributed by atoms with van der Waals surface area (Å²) in [7, 11) is 3.31. The minimum absolute atomic E-state index is 0.638. The molecule has 0 radical (unpaired) electrons. The maximum absolute atomic E-state index is 12.5. The zero-order valence-corrected chi connectivity index (χ0v) is 12.0. The predicted molar refractivity (Wildman–Crippen MR) is 81.9 cm³/mol. The third-order valence-electron chi connectivity index (χ3n) is 2.75. The minimum atomic E-state index is -0.687. The van der Waals surface area contributed by atoms with E-state index < -0.39 is 11.8 Å². The lowest BCUT2D eigenvalue weighted by Gasteiger charge is -2.23. The van der Waals surface area contributed by atoms with Gasteiger partial charge in [-0.1, -0.05) is 36.4 Å². The molecule has 0 fully saturated rings. The number of carbonyl (C=O) groups is 2. The minimum Gasteiger partial charge on any atom is -0.281 e. The summed E-state index contributed by atoms with van der Waals surface area (Å²) >= 11 is 0. The lowest BCUT2D eigenvalue weighted by molar-refractivity contribution is -0.139. The summed E-state index contributed by atoms with van der Waals surface area (Å²) in [6, 6.07) is 18.1. The summed E-state index contributed by atoms with van der Waals surface area (Å²) in [6.45, 7) is 0. The average molecular weight is 283 g/mol. The quantitative estimate of drug-likeness (QED) is 0.692. The van der Waals surface area contributed by atoms with Gasteiger partial charge in [-0.15, -0.1) is 0 Å². The lowest BCUT2D eigenvalue weighted by atomic mass is 10.2. The Kier molecular flexibility index (Phi) is 4.68. The molecule has 2 aromatic rings. The van der Waals surface area contributed by atoms with Crippen LogP contribution >= 0.6 is 0 Å². The van der Waals surface area contributed by atoms with Crippen molar-refractivity contribution in [1.82, 2.24) is 10.4 Å². The molecule has 2 rings (SSSR count). The highest BCUT2D eigenvalue weighted by Gasteiger charge is 2.25. The third-order valence-corrected chi connectivity index (χ3v) is 2.75. The Balaban J connectivity index is 2.38. The van der Waals surface area contributed by atoms with Gasteiger partial charge < -0.3 is 0 Å². The number of nitrogens with zero attached hydrogens (tertiary/aromatic N) is 2. The molecule has 2 amide bonds. The van der Waals surface area contributed by atoms with Crippen LogP contribution in [0.15, 0.2) is 60.7 Å². The molecule has 0 aromatic heterocycles. The van der Waals surface area contributed by atoms with Gasteiger partial charge in [0.2, 0.25) is 0 Å². The van der Waals surface area contributed by atoms with Crippen molar-refractivity contribution in [3.8, 4) is 0 Å². The molecule has 21 heavy (non-hydrogen) atoms. The van der Waals surface area contributed by atoms with Crippen molar-refractivity contribution in [3.63, 3.8) is 0 Å². The van der Waals surface area contributed by atoms with E-state index >= 15 is 0 Å². The molecule has 0 aliphatic rings. The standard InChI is InChI=1S/C16H17N3O2/c1-18(2)17-15(20)16(21)19(13-9-5-3-6-10-13)14-11-7-4-8-12-14/h3-12H,1-2H3,(H,17,20). The van der Waals surface area contributed by atoms with Crippen LogP contribution in [0.3, 0.4) is 0 Å². The molecule has 1 N–H and O–H groups in total. The Morgan fingerprint density at radius 3 is 1.62 bits per heavy atom. The Labute approximate surface area is 123 Å². The van der Waals surface area contributed by atoms with Gasteiger partial charge in [-0.05, 0) is 24.3 Å². The number of nitrogens with one attached hydrogen (secondary N) is 1. The molecule has 0 aliphatic heterocycles. The summed E-state index contributed by atoms with van der Waals surface area (Å²) in [6.07, 6.45) is 0. The van der Waals surface area contributed by atoms with Crippen LogP contribution in [0, 0.1) is 0 Å². The highest BCUT2D eigenvalue weighted by Crippen LogP contribution is 2.24. The SMILES string of the molecule is CN(C)NC(=O)C(=O)N(c1ccccc1)c1ccccc1. The van der Waals surface area contributed by atoms with Crippen molar-refractivity contribution in [2.45, 2.75) is 0 Å². The van der Waals surface area contributed by atoms with Gasteiger partial charge >= 0.3 is 11.8 Å². The van der Waals surface area contributed by atoms with Crippen molar-refractivity contribution in [1.29, 1.82) is 0 Å². The normalized spacial score (nSPS) is 10.2. The first-order valence-corrected chi connectivity index (χ1v) is 6.52. The molecule has 0 saturated carbocycles. The van der Waals surface area contributed by atoms with Crippen molar-refractivity contribution >= 4 is 23.2 Å². The van der Waals surface area contributed by atoms with E-state index in [0.29, 0.717) is 11.4 Å². The maximum atomic E-state index is 12.5. The monoisotopic (exact) mass is 283 g/mol.